The molecule has 2 atom stereocenters. The van der Waals surface area contributed by atoms with Crippen molar-refractivity contribution in [1.29, 1.82) is 0 Å². The second-order valence-electron chi connectivity index (χ2n) is 11.3. The molecule has 0 saturated carbocycles. The second-order valence-corrected chi connectivity index (χ2v) is 15.3. The highest BCUT2D eigenvalue weighted by molar-refractivity contribution is 7.97. The first-order valence-corrected chi connectivity index (χ1v) is 18.2. The van der Waals surface area contributed by atoms with Crippen LogP contribution in [0.15, 0.2) is 193 Å². The van der Waals surface area contributed by atoms with Gasteiger partial charge in [0.1, 0.15) is 11.5 Å². The van der Waals surface area contributed by atoms with Gasteiger partial charge in [-0.1, -0.05) is 73.7 Å². The Morgan fingerprint density at radius 1 is 0.500 bits per heavy atom. The number of ether oxygens (including phenoxy) is 2. The van der Waals surface area contributed by atoms with Crippen LogP contribution in [-0.4, -0.2) is 11.9 Å². The van der Waals surface area contributed by atoms with Crippen LogP contribution in [0.2, 0.25) is 0 Å². The molecule has 0 fully saturated rings. The molecular formula is C42H36O4S2+2. The Morgan fingerprint density at radius 2 is 0.896 bits per heavy atom. The predicted molar refractivity (Wildman–Crippen MR) is 193 cm³/mol. The van der Waals surface area contributed by atoms with Crippen molar-refractivity contribution in [3.8, 4) is 11.5 Å². The summed E-state index contributed by atoms with van der Waals surface area (Å²) in [5.41, 5.74) is 1.06. The van der Waals surface area contributed by atoms with E-state index in [1.807, 2.05) is 79.7 Å². The quantitative estimate of drug-likeness (QED) is 0.0784. The lowest BCUT2D eigenvalue weighted by atomic mass is 10.0. The molecule has 0 amide bonds. The minimum absolute atomic E-state index is 0.263. The largest absolute Gasteiger partial charge is 0.427 e. The van der Waals surface area contributed by atoms with Crippen molar-refractivity contribution in [2.24, 2.45) is 5.92 Å². The van der Waals surface area contributed by atoms with Gasteiger partial charge in [0.2, 0.25) is 0 Å². The third-order valence-electron chi connectivity index (χ3n) is 7.61. The van der Waals surface area contributed by atoms with Crippen LogP contribution in [0.25, 0.3) is 0 Å². The normalized spacial score (nSPS) is 12.2. The van der Waals surface area contributed by atoms with Gasteiger partial charge in [0, 0.05) is 6.92 Å². The van der Waals surface area contributed by atoms with Crippen LogP contribution in [0, 0.1) is 5.92 Å². The Bertz CT molecular complexity index is 1910. The van der Waals surface area contributed by atoms with Crippen LogP contribution in [-0.2, 0) is 37.8 Å². The smallest absolute Gasteiger partial charge is 0.314 e. The highest BCUT2D eigenvalue weighted by atomic mass is 32.2. The summed E-state index contributed by atoms with van der Waals surface area (Å²) in [7, 11) is -0.662. The summed E-state index contributed by atoms with van der Waals surface area (Å²) >= 11 is 0. The standard InChI is InChI=1S/C42H36O4S2/c1-31(42(44)46-35-23-27-39(28-24-35)47(36-14-6-3-7-15-36)37-16-8-4-9-17-37)29-33-13-12-20-41(30-33)48(38-18-10-5-11-19-38)40-25-21-34(22-26-40)45-32(2)43/h3-28,30-31H,29H2,1-2H3/q+2. The average molecular weight is 669 g/mol. The molecule has 0 N–H and O–H groups in total. The van der Waals surface area contributed by atoms with Gasteiger partial charge in [-0.05, 0) is 109 Å². The molecule has 238 valence electrons. The lowest BCUT2D eigenvalue weighted by molar-refractivity contribution is -0.138. The van der Waals surface area contributed by atoms with E-state index < -0.39 is 10.9 Å². The van der Waals surface area contributed by atoms with Crippen molar-refractivity contribution >= 4 is 33.7 Å². The molecule has 6 rings (SSSR count). The van der Waals surface area contributed by atoms with Crippen LogP contribution in [0.5, 0.6) is 11.5 Å². The number of carbonyl (C=O) groups is 2. The van der Waals surface area contributed by atoms with Gasteiger partial charge in [0.15, 0.2) is 29.4 Å². The molecular weight excluding hydrogens is 633 g/mol. The first-order valence-electron chi connectivity index (χ1n) is 15.8. The molecule has 2 unspecified atom stereocenters. The molecule has 0 bridgehead atoms. The second kappa shape index (κ2) is 15.7. The SMILES string of the molecule is CC(=O)Oc1ccc([S+](c2ccccc2)c2cccc(CC(C)C(=O)Oc3ccc([S+](c4ccccc4)c4ccccc4)cc3)c2)cc1. The zero-order chi connectivity index (χ0) is 33.3. The first kappa shape index (κ1) is 32.9. The number of hydrogen-bond donors (Lipinski definition) is 0. The van der Waals surface area contributed by atoms with Crippen molar-refractivity contribution < 1.29 is 19.1 Å². The maximum atomic E-state index is 13.3. The number of hydrogen-bond acceptors (Lipinski definition) is 4. The van der Waals surface area contributed by atoms with Gasteiger partial charge in [0.05, 0.1) is 27.7 Å². The van der Waals surface area contributed by atoms with Crippen LogP contribution >= 0.6 is 0 Å². The summed E-state index contributed by atoms with van der Waals surface area (Å²) in [5.74, 6) is 0.108. The van der Waals surface area contributed by atoms with Crippen LogP contribution in [0.3, 0.4) is 0 Å². The maximum Gasteiger partial charge on any atom is 0.314 e. The molecule has 0 aliphatic rings. The molecule has 0 spiro atoms. The number of rotatable bonds is 11. The zero-order valence-corrected chi connectivity index (χ0v) is 28.5. The van der Waals surface area contributed by atoms with Gasteiger partial charge >= 0.3 is 11.9 Å². The van der Waals surface area contributed by atoms with Crippen LogP contribution in [0.1, 0.15) is 19.4 Å². The first-order chi connectivity index (χ1) is 23.4. The van der Waals surface area contributed by atoms with Crippen molar-refractivity contribution in [1.82, 2.24) is 0 Å². The molecule has 0 aromatic heterocycles. The topological polar surface area (TPSA) is 52.6 Å². The summed E-state index contributed by atoms with van der Waals surface area (Å²) < 4.78 is 11.1. The average Bonchev–Trinajstić information content (AvgIpc) is 3.11. The van der Waals surface area contributed by atoms with E-state index in [-0.39, 0.29) is 28.8 Å². The third-order valence-corrected chi connectivity index (χ3v) is 12.1. The number of esters is 2. The Balaban J connectivity index is 1.17. The summed E-state index contributed by atoms with van der Waals surface area (Å²) in [6.45, 7) is 3.31. The minimum atomic E-state index is -0.393. The lowest BCUT2D eigenvalue weighted by Gasteiger charge is -2.13. The summed E-state index contributed by atoms with van der Waals surface area (Å²) in [6.07, 6.45) is 0.549. The van der Waals surface area contributed by atoms with E-state index in [0.29, 0.717) is 17.9 Å². The summed E-state index contributed by atoms with van der Waals surface area (Å²) in [6, 6.07) is 55.3. The highest BCUT2D eigenvalue weighted by Gasteiger charge is 2.30. The zero-order valence-electron chi connectivity index (χ0n) is 26.8. The minimum Gasteiger partial charge on any atom is -0.427 e. The molecule has 0 radical (unpaired) electrons. The van der Waals surface area contributed by atoms with Gasteiger partial charge < -0.3 is 9.47 Å². The van der Waals surface area contributed by atoms with Crippen LogP contribution in [0.4, 0.5) is 0 Å². The Labute approximate surface area is 288 Å². The number of carbonyl (C=O) groups excluding carboxylic acids is 2. The third kappa shape index (κ3) is 8.26. The molecule has 0 saturated heterocycles. The van der Waals surface area contributed by atoms with Crippen molar-refractivity contribution in [3.63, 3.8) is 0 Å². The molecule has 0 aliphatic heterocycles. The fourth-order valence-corrected chi connectivity index (χ4v) is 9.61. The van der Waals surface area contributed by atoms with Crippen LogP contribution < -0.4 is 9.47 Å². The van der Waals surface area contributed by atoms with Gasteiger partial charge in [0.25, 0.3) is 0 Å². The molecule has 6 aromatic carbocycles. The van der Waals surface area contributed by atoms with Gasteiger partial charge in [-0.3, -0.25) is 9.59 Å². The van der Waals surface area contributed by atoms with E-state index in [2.05, 4.69) is 91.0 Å². The Morgan fingerprint density at radius 3 is 1.35 bits per heavy atom. The summed E-state index contributed by atoms with van der Waals surface area (Å²) in [4.78, 5) is 31.8. The van der Waals surface area contributed by atoms with E-state index in [0.717, 1.165) is 20.2 Å². The lowest BCUT2D eigenvalue weighted by Crippen LogP contribution is -2.20. The maximum absolute atomic E-state index is 13.3. The monoisotopic (exact) mass is 668 g/mol. The van der Waals surface area contributed by atoms with E-state index in [1.165, 1.54) is 21.6 Å². The van der Waals surface area contributed by atoms with Crippen molar-refractivity contribution in [2.45, 2.75) is 49.6 Å². The predicted octanol–water partition coefficient (Wildman–Crippen LogP) is 9.59. The number of benzene rings is 6. The molecule has 0 aliphatic carbocycles. The summed E-state index contributed by atoms with van der Waals surface area (Å²) in [5, 5.41) is 0. The fraction of sp³-hybridized carbons (Fsp3) is 0.0952. The van der Waals surface area contributed by atoms with Gasteiger partial charge in [-0.15, -0.1) is 0 Å². The van der Waals surface area contributed by atoms with Gasteiger partial charge in [-0.25, -0.2) is 0 Å². The molecule has 6 aromatic rings. The molecule has 48 heavy (non-hydrogen) atoms. The van der Waals surface area contributed by atoms with Crippen molar-refractivity contribution in [2.75, 3.05) is 0 Å². The Hall–Kier alpha value is -5.04. The Kier molecular flexibility index (Phi) is 10.8. The van der Waals surface area contributed by atoms with Gasteiger partial charge in [-0.2, -0.15) is 0 Å². The molecule has 6 heteroatoms. The van der Waals surface area contributed by atoms with E-state index >= 15 is 0 Å². The van der Waals surface area contributed by atoms with Crippen molar-refractivity contribution in [3.05, 3.63) is 169 Å². The highest BCUT2D eigenvalue weighted by Crippen LogP contribution is 2.34. The van der Waals surface area contributed by atoms with E-state index in [1.54, 1.807) is 0 Å². The van der Waals surface area contributed by atoms with E-state index in [9.17, 15) is 9.59 Å². The fourth-order valence-electron chi connectivity index (χ4n) is 5.39. The van der Waals surface area contributed by atoms with E-state index in [4.69, 9.17) is 9.47 Å². The molecule has 4 nitrogen and oxygen atoms in total. The molecule has 0 heterocycles.